The highest BCUT2D eigenvalue weighted by Crippen LogP contribution is 2.23. The number of nitrogens with zero attached hydrogens (tertiary/aromatic N) is 4. The van der Waals surface area contributed by atoms with Gasteiger partial charge in [0.05, 0.1) is 24.1 Å². The Balaban J connectivity index is 1.90. The predicted molar refractivity (Wildman–Crippen MR) is 98.5 cm³/mol. The highest BCUT2D eigenvalue weighted by Gasteiger charge is 2.24. The molecule has 1 aromatic heterocycles. The van der Waals surface area contributed by atoms with Gasteiger partial charge in [-0.1, -0.05) is 36.7 Å². The zero-order chi connectivity index (χ0) is 17.8. The monoisotopic (exact) mass is 360 g/mol. The molecule has 3 rings (SSSR count). The standard InChI is InChI=1S/C18H21ClN4O2/c1-2-9-21-10-6-11-22(13-16(21)24)15-12-20-23(18(25)17(15)19)14-7-4-3-5-8-14/h3-5,7-8,12H,2,6,9-11,13H2,1H3. The number of rotatable bonds is 4. The molecule has 2 heterocycles. The Morgan fingerprint density at radius 1 is 1.16 bits per heavy atom. The number of benzene rings is 1. The number of hydrogen-bond donors (Lipinski definition) is 0. The van der Waals surface area contributed by atoms with Gasteiger partial charge >= 0.3 is 0 Å². The first-order chi connectivity index (χ1) is 12.1. The highest BCUT2D eigenvalue weighted by molar-refractivity contribution is 6.33. The normalized spacial score (nSPS) is 15.4. The van der Waals surface area contributed by atoms with Gasteiger partial charge in [-0.3, -0.25) is 9.59 Å². The fraction of sp³-hybridized carbons (Fsp3) is 0.389. The second-order valence-electron chi connectivity index (χ2n) is 6.05. The van der Waals surface area contributed by atoms with Crippen LogP contribution >= 0.6 is 11.6 Å². The van der Waals surface area contributed by atoms with Crippen molar-refractivity contribution < 1.29 is 4.79 Å². The molecule has 1 aromatic carbocycles. The molecule has 25 heavy (non-hydrogen) atoms. The smallest absolute Gasteiger partial charge is 0.292 e. The molecule has 0 bridgehead atoms. The Labute approximate surface area is 151 Å². The molecule has 1 amide bonds. The van der Waals surface area contributed by atoms with Crippen LogP contribution in [0.4, 0.5) is 5.69 Å². The Morgan fingerprint density at radius 3 is 2.64 bits per heavy atom. The fourth-order valence-electron chi connectivity index (χ4n) is 3.03. The molecule has 0 atom stereocenters. The van der Waals surface area contributed by atoms with Gasteiger partial charge in [-0.2, -0.15) is 9.78 Å². The Kier molecular flexibility index (Phi) is 5.38. The first-order valence-corrected chi connectivity index (χ1v) is 8.85. The summed E-state index contributed by atoms with van der Waals surface area (Å²) in [5.41, 5.74) is 0.792. The van der Waals surface area contributed by atoms with Crippen LogP contribution in [0.15, 0.2) is 41.3 Å². The second-order valence-corrected chi connectivity index (χ2v) is 6.43. The van der Waals surface area contributed by atoms with Crippen LogP contribution in [0, 0.1) is 0 Å². The first kappa shape index (κ1) is 17.5. The van der Waals surface area contributed by atoms with E-state index in [2.05, 4.69) is 12.0 Å². The molecule has 1 aliphatic heterocycles. The third kappa shape index (κ3) is 3.69. The second kappa shape index (κ2) is 7.70. The summed E-state index contributed by atoms with van der Waals surface area (Å²) >= 11 is 6.34. The zero-order valence-corrected chi connectivity index (χ0v) is 14.9. The van der Waals surface area contributed by atoms with Gasteiger partial charge in [0.1, 0.15) is 5.02 Å². The molecule has 0 radical (unpaired) electrons. The lowest BCUT2D eigenvalue weighted by Gasteiger charge is -2.23. The van der Waals surface area contributed by atoms with Crippen molar-refractivity contribution in [2.75, 3.05) is 31.1 Å². The Bertz CT molecular complexity index is 806. The van der Waals surface area contributed by atoms with Crippen LogP contribution in [0.5, 0.6) is 0 Å². The van der Waals surface area contributed by atoms with Crippen LogP contribution in [-0.2, 0) is 4.79 Å². The Morgan fingerprint density at radius 2 is 1.92 bits per heavy atom. The average Bonchev–Trinajstić information content (AvgIpc) is 2.80. The molecule has 0 saturated carbocycles. The van der Waals surface area contributed by atoms with E-state index in [1.165, 1.54) is 4.68 Å². The van der Waals surface area contributed by atoms with Gasteiger partial charge in [-0.25, -0.2) is 0 Å². The van der Waals surface area contributed by atoms with E-state index in [-0.39, 0.29) is 23.0 Å². The van der Waals surface area contributed by atoms with Crippen molar-refractivity contribution >= 4 is 23.2 Å². The minimum Gasteiger partial charge on any atom is -0.359 e. The van der Waals surface area contributed by atoms with Gasteiger partial charge < -0.3 is 9.80 Å². The van der Waals surface area contributed by atoms with Gasteiger partial charge in [0, 0.05) is 19.6 Å². The van der Waals surface area contributed by atoms with E-state index in [0.717, 1.165) is 25.9 Å². The molecule has 0 spiro atoms. The maximum atomic E-state index is 12.6. The summed E-state index contributed by atoms with van der Waals surface area (Å²) in [7, 11) is 0. The SMILES string of the molecule is CCCN1CCCN(c2cnn(-c3ccccc3)c(=O)c2Cl)CC1=O. The molecule has 1 aliphatic rings. The number of amides is 1. The van der Waals surface area contributed by atoms with Crippen molar-refractivity contribution in [3.05, 3.63) is 51.9 Å². The number of halogens is 1. The maximum absolute atomic E-state index is 12.6. The molecule has 1 saturated heterocycles. The third-order valence-corrected chi connectivity index (χ3v) is 4.63. The summed E-state index contributed by atoms with van der Waals surface area (Å²) in [6.07, 6.45) is 3.34. The van der Waals surface area contributed by atoms with E-state index in [9.17, 15) is 9.59 Å². The number of aromatic nitrogens is 2. The average molecular weight is 361 g/mol. The Hall–Kier alpha value is -2.34. The summed E-state index contributed by atoms with van der Waals surface area (Å²) in [5.74, 6) is 0.0580. The maximum Gasteiger partial charge on any atom is 0.292 e. The van der Waals surface area contributed by atoms with Crippen molar-refractivity contribution in [2.24, 2.45) is 0 Å². The van der Waals surface area contributed by atoms with Gasteiger partial charge in [0.15, 0.2) is 0 Å². The molecule has 0 aliphatic carbocycles. The predicted octanol–water partition coefficient (Wildman–Crippen LogP) is 2.33. The highest BCUT2D eigenvalue weighted by atomic mass is 35.5. The molecule has 7 heteroatoms. The van der Waals surface area contributed by atoms with Crippen LogP contribution in [0.3, 0.4) is 0 Å². The van der Waals surface area contributed by atoms with Crippen LogP contribution in [0.1, 0.15) is 19.8 Å². The van der Waals surface area contributed by atoms with E-state index < -0.39 is 0 Å². The van der Waals surface area contributed by atoms with Gasteiger partial charge in [-0.15, -0.1) is 0 Å². The molecule has 2 aromatic rings. The minimum absolute atomic E-state index is 0.0580. The van der Waals surface area contributed by atoms with E-state index in [1.807, 2.05) is 28.0 Å². The minimum atomic E-state index is -0.382. The molecule has 0 N–H and O–H groups in total. The van der Waals surface area contributed by atoms with E-state index in [1.54, 1.807) is 18.3 Å². The topological polar surface area (TPSA) is 58.4 Å². The van der Waals surface area contributed by atoms with Gasteiger partial charge in [0.25, 0.3) is 5.56 Å². The van der Waals surface area contributed by atoms with Crippen molar-refractivity contribution in [1.29, 1.82) is 0 Å². The largest absolute Gasteiger partial charge is 0.359 e. The summed E-state index contributed by atoms with van der Waals surface area (Å²) in [4.78, 5) is 28.7. The third-order valence-electron chi connectivity index (χ3n) is 4.27. The van der Waals surface area contributed by atoms with Gasteiger partial charge in [-0.05, 0) is 25.0 Å². The molecule has 132 valence electrons. The van der Waals surface area contributed by atoms with Crippen LogP contribution in [-0.4, -0.2) is 46.8 Å². The number of hydrogen-bond acceptors (Lipinski definition) is 4. The summed E-state index contributed by atoms with van der Waals surface area (Å²) in [5, 5.41) is 4.34. The van der Waals surface area contributed by atoms with Crippen LogP contribution in [0.25, 0.3) is 5.69 Å². The first-order valence-electron chi connectivity index (χ1n) is 8.47. The van der Waals surface area contributed by atoms with E-state index >= 15 is 0 Å². The lowest BCUT2D eigenvalue weighted by molar-refractivity contribution is -0.129. The summed E-state index contributed by atoms with van der Waals surface area (Å²) in [6.45, 7) is 4.43. The summed E-state index contributed by atoms with van der Waals surface area (Å²) < 4.78 is 1.27. The van der Waals surface area contributed by atoms with Crippen molar-refractivity contribution in [1.82, 2.24) is 14.7 Å². The number of carbonyl (C=O) groups excluding carboxylic acids is 1. The number of para-hydroxylation sites is 1. The van der Waals surface area contributed by atoms with E-state index in [4.69, 9.17) is 11.6 Å². The molecule has 1 fully saturated rings. The lowest BCUT2D eigenvalue weighted by Crippen LogP contribution is -2.38. The molecular weight excluding hydrogens is 340 g/mol. The fourth-order valence-corrected chi connectivity index (χ4v) is 3.28. The van der Waals surface area contributed by atoms with Crippen LogP contribution in [0.2, 0.25) is 5.02 Å². The quantitative estimate of drug-likeness (QED) is 0.839. The number of carbonyl (C=O) groups is 1. The van der Waals surface area contributed by atoms with E-state index in [0.29, 0.717) is 17.9 Å². The lowest BCUT2D eigenvalue weighted by atomic mass is 10.3. The van der Waals surface area contributed by atoms with Crippen molar-refractivity contribution in [3.8, 4) is 5.69 Å². The molecule has 0 unspecified atom stereocenters. The summed E-state index contributed by atoms with van der Waals surface area (Å²) in [6, 6.07) is 9.13. The molecule has 6 nitrogen and oxygen atoms in total. The number of anilines is 1. The van der Waals surface area contributed by atoms with Gasteiger partial charge in [0.2, 0.25) is 5.91 Å². The molecular formula is C18H21ClN4O2. The zero-order valence-electron chi connectivity index (χ0n) is 14.2. The van der Waals surface area contributed by atoms with Crippen molar-refractivity contribution in [2.45, 2.75) is 19.8 Å². The van der Waals surface area contributed by atoms with Crippen molar-refractivity contribution in [3.63, 3.8) is 0 Å². The van der Waals surface area contributed by atoms with Crippen LogP contribution < -0.4 is 10.5 Å².